The second-order valence-electron chi connectivity index (χ2n) is 5.39. The Morgan fingerprint density at radius 3 is 2.46 bits per heavy atom. The lowest BCUT2D eigenvalue weighted by Crippen LogP contribution is -2.09. The molecule has 5 heteroatoms. The van der Waals surface area contributed by atoms with E-state index in [2.05, 4.69) is 49.9 Å². The normalized spacial score (nSPS) is 10.4. The van der Waals surface area contributed by atoms with Crippen molar-refractivity contribution in [3.8, 4) is 11.3 Å². The van der Waals surface area contributed by atoms with E-state index in [1.165, 1.54) is 5.56 Å². The number of hydrogen-bond donors (Lipinski definition) is 2. The van der Waals surface area contributed by atoms with Crippen molar-refractivity contribution >= 4 is 11.8 Å². The van der Waals surface area contributed by atoms with Crippen molar-refractivity contribution in [3.05, 3.63) is 66.5 Å². The Morgan fingerprint density at radius 1 is 0.917 bits per heavy atom. The molecule has 0 amide bonds. The highest BCUT2D eigenvalue weighted by Gasteiger charge is 2.06. The van der Waals surface area contributed by atoms with E-state index in [0.717, 1.165) is 36.6 Å². The van der Waals surface area contributed by atoms with Crippen molar-refractivity contribution in [2.75, 3.05) is 23.7 Å². The van der Waals surface area contributed by atoms with Crippen LogP contribution in [0.4, 0.5) is 11.8 Å². The predicted molar refractivity (Wildman–Crippen MR) is 98.1 cm³/mol. The van der Waals surface area contributed by atoms with Crippen LogP contribution in [-0.4, -0.2) is 28.0 Å². The minimum Gasteiger partial charge on any atom is -0.370 e. The van der Waals surface area contributed by atoms with Gasteiger partial charge in [0.2, 0.25) is 5.95 Å². The Bertz CT molecular complexity index is 759. The summed E-state index contributed by atoms with van der Waals surface area (Å²) in [7, 11) is 0. The van der Waals surface area contributed by atoms with Crippen LogP contribution in [-0.2, 0) is 6.42 Å². The molecule has 2 heterocycles. The fourth-order valence-electron chi connectivity index (χ4n) is 2.43. The maximum absolute atomic E-state index is 4.57. The highest BCUT2D eigenvalue weighted by molar-refractivity contribution is 5.63. The molecule has 0 aliphatic heterocycles. The van der Waals surface area contributed by atoms with Crippen LogP contribution in [0.2, 0.25) is 0 Å². The minimum absolute atomic E-state index is 0.633. The third-order valence-electron chi connectivity index (χ3n) is 3.60. The molecule has 5 nitrogen and oxygen atoms in total. The van der Waals surface area contributed by atoms with Crippen LogP contribution >= 0.6 is 0 Å². The van der Waals surface area contributed by atoms with Crippen LogP contribution < -0.4 is 10.6 Å². The molecule has 0 aliphatic carbocycles. The Hall–Kier alpha value is -2.95. The fourth-order valence-corrected chi connectivity index (χ4v) is 2.43. The lowest BCUT2D eigenvalue weighted by Gasteiger charge is -2.11. The molecule has 0 aliphatic rings. The van der Waals surface area contributed by atoms with Crippen molar-refractivity contribution in [1.82, 2.24) is 15.0 Å². The molecule has 2 aromatic heterocycles. The lowest BCUT2D eigenvalue weighted by molar-refractivity contribution is 0.996. The zero-order valence-corrected chi connectivity index (χ0v) is 13.7. The molecule has 1 aromatic carbocycles. The number of aromatic nitrogens is 3. The molecule has 2 N–H and O–H groups in total. The molecule has 0 spiro atoms. The highest BCUT2D eigenvalue weighted by Crippen LogP contribution is 2.20. The number of anilines is 2. The van der Waals surface area contributed by atoms with E-state index in [-0.39, 0.29) is 0 Å². The first-order valence-corrected chi connectivity index (χ1v) is 8.16. The van der Waals surface area contributed by atoms with Crippen LogP contribution in [0.15, 0.2) is 60.9 Å². The average molecular weight is 319 g/mol. The summed E-state index contributed by atoms with van der Waals surface area (Å²) >= 11 is 0. The third kappa shape index (κ3) is 4.29. The van der Waals surface area contributed by atoms with E-state index in [4.69, 9.17) is 0 Å². The molecule has 0 atom stereocenters. The molecule has 0 fully saturated rings. The van der Waals surface area contributed by atoms with Gasteiger partial charge in [-0.1, -0.05) is 30.3 Å². The van der Waals surface area contributed by atoms with Crippen LogP contribution in [0.5, 0.6) is 0 Å². The van der Waals surface area contributed by atoms with E-state index in [1.54, 1.807) is 12.4 Å². The second kappa shape index (κ2) is 8.06. The first kappa shape index (κ1) is 15.9. The maximum Gasteiger partial charge on any atom is 0.225 e. The third-order valence-corrected chi connectivity index (χ3v) is 3.60. The number of nitrogens with zero attached hydrogens (tertiary/aromatic N) is 3. The van der Waals surface area contributed by atoms with Crippen molar-refractivity contribution in [1.29, 1.82) is 0 Å². The summed E-state index contributed by atoms with van der Waals surface area (Å²) in [5.41, 5.74) is 3.21. The molecule has 0 bridgehead atoms. The number of hydrogen-bond acceptors (Lipinski definition) is 5. The Balaban J connectivity index is 1.75. The summed E-state index contributed by atoms with van der Waals surface area (Å²) < 4.78 is 0. The summed E-state index contributed by atoms with van der Waals surface area (Å²) in [5, 5.41) is 6.58. The molecule has 122 valence electrons. The van der Waals surface area contributed by atoms with Gasteiger partial charge in [-0.05, 0) is 31.0 Å². The SMILES string of the molecule is CCNc1nc(NCCc2ccccc2)cc(-c2ccncc2)n1. The molecular formula is C19H21N5. The zero-order valence-electron chi connectivity index (χ0n) is 13.7. The topological polar surface area (TPSA) is 62.7 Å². The summed E-state index contributed by atoms with van der Waals surface area (Å²) in [6.07, 6.45) is 4.49. The number of pyridine rings is 1. The van der Waals surface area contributed by atoms with E-state index in [9.17, 15) is 0 Å². The van der Waals surface area contributed by atoms with E-state index in [1.807, 2.05) is 31.2 Å². The highest BCUT2D eigenvalue weighted by atomic mass is 15.1. The van der Waals surface area contributed by atoms with Gasteiger partial charge in [0, 0.05) is 37.1 Å². The van der Waals surface area contributed by atoms with E-state index < -0.39 is 0 Å². The van der Waals surface area contributed by atoms with Gasteiger partial charge in [0.15, 0.2) is 0 Å². The quantitative estimate of drug-likeness (QED) is 0.696. The smallest absolute Gasteiger partial charge is 0.225 e. The zero-order chi connectivity index (χ0) is 16.6. The molecule has 0 unspecified atom stereocenters. The lowest BCUT2D eigenvalue weighted by atomic mass is 10.1. The molecule has 3 aromatic rings. The Kier molecular flexibility index (Phi) is 5.35. The van der Waals surface area contributed by atoms with Crippen molar-refractivity contribution in [3.63, 3.8) is 0 Å². The van der Waals surface area contributed by atoms with Gasteiger partial charge in [-0.2, -0.15) is 4.98 Å². The summed E-state index contributed by atoms with van der Waals surface area (Å²) in [5.74, 6) is 1.46. The molecule has 0 radical (unpaired) electrons. The number of rotatable bonds is 7. The molecule has 0 saturated heterocycles. The van der Waals surface area contributed by atoms with Gasteiger partial charge >= 0.3 is 0 Å². The molecule has 3 rings (SSSR count). The summed E-state index contributed by atoms with van der Waals surface area (Å²) in [6, 6.07) is 16.3. The standard InChI is InChI=1S/C19H21N5/c1-2-21-19-23-17(16-9-11-20-12-10-16)14-18(24-19)22-13-8-15-6-4-3-5-7-15/h3-7,9-12,14H,2,8,13H2,1H3,(H2,21,22,23,24). The van der Waals surface area contributed by atoms with Gasteiger partial charge in [-0.25, -0.2) is 4.98 Å². The van der Waals surface area contributed by atoms with Crippen LogP contribution in [0.1, 0.15) is 12.5 Å². The monoisotopic (exact) mass is 319 g/mol. The van der Waals surface area contributed by atoms with Gasteiger partial charge in [0.25, 0.3) is 0 Å². The van der Waals surface area contributed by atoms with Crippen LogP contribution in [0.3, 0.4) is 0 Å². The molecule has 24 heavy (non-hydrogen) atoms. The minimum atomic E-state index is 0.633. The van der Waals surface area contributed by atoms with Gasteiger partial charge < -0.3 is 10.6 Å². The van der Waals surface area contributed by atoms with Crippen molar-refractivity contribution in [2.45, 2.75) is 13.3 Å². The number of benzene rings is 1. The van der Waals surface area contributed by atoms with E-state index in [0.29, 0.717) is 5.95 Å². The van der Waals surface area contributed by atoms with Crippen molar-refractivity contribution in [2.24, 2.45) is 0 Å². The number of nitrogens with one attached hydrogen (secondary N) is 2. The fraction of sp³-hybridized carbons (Fsp3) is 0.211. The first-order valence-electron chi connectivity index (χ1n) is 8.16. The van der Waals surface area contributed by atoms with Gasteiger partial charge in [0.05, 0.1) is 5.69 Å². The summed E-state index contributed by atoms with van der Waals surface area (Å²) in [4.78, 5) is 13.2. The first-order chi connectivity index (χ1) is 11.8. The van der Waals surface area contributed by atoms with Crippen molar-refractivity contribution < 1.29 is 0 Å². The van der Waals surface area contributed by atoms with Gasteiger partial charge in [-0.3, -0.25) is 4.98 Å². The largest absolute Gasteiger partial charge is 0.370 e. The van der Waals surface area contributed by atoms with Gasteiger partial charge in [-0.15, -0.1) is 0 Å². The van der Waals surface area contributed by atoms with Crippen LogP contribution in [0.25, 0.3) is 11.3 Å². The average Bonchev–Trinajstić information content (AvgIpc) is 2.63. The van der Waals surface area contributed by atoms with Gasteiger partial charge in [0.1, 0.15) is 5.82 Å². The predicted octanol–water partition coefficient (Wildman–Crippen LogP) is 3.63. The molecular weight excluding hydrogens is 298 g/mol. The van der Waals surface area contributed by atoms with E-state index >= 15 is 0 Å². The van der Waals surface area contributed by atoms with Crippen LogP contribution in [0, 0.1) is 0 Å². The molecule has 0 saturated carbocycles. The summed E-state index contributed by atoms with van der Waals surface area (Å²) in [6.45, 7) is 3.64. The maximum atomic E-state index is 4.57. The Labute approximate surface area is 142 Å². The second-order valence-corrected chi connectivity index (χ2v) is 5.39. The Morgan fingerprint density at radius 2 is 1.71 bits per heavy atom.